The largest absolute Gasteiger partial charge is 0.322 e. The molecule has 0 bridgehead atoms. The Hall–Kier alpha value is -2.79. The number of likely N-dealkylation sites (tertiary alicyclic amines) is 1. The summed E-state index contributed by atoms with van der Waals surface area (Å²) in [6, 6.07) is 15.2. The maximum atomic E-state index is 12.7. The Bertz CT molecular complexity index is 981. The van der Waals surface area contributed by atoms with Crippen molar-refractivity contribution in [2.45, 2.75) is 19.4 Å². The van der Waals surface area contributed by atoms with E-state index >= 15 is 0 Å². The summed E-state index contributed by atoms with van der Waals surface area (Å²) in [4.78, 5) is 34.4. The number of fused-ring (bicyclic) bond motifs is 1. The van der Waals surface area contributed by atoms with Gasteiger partial charge in [0.15, 0.2) is 5.78 Å². The van der Waals surface area contributed by atoms with Crippen molar-refractivity contribution in [2.75, 3.05) is 13.1 Å². The van der Waals surface area contributed by atoms with Crippen molar-refractivity contribution in [1.29, 1.82) is 0 Å². The number of aromatic nitrogens is 2. The van der Waals surface area contributed by atoms with Crippen LogP contribution in [0.2, 0.25) is 0 Å². The fourth-order valence-electron chi connectivity index (χ4n) is 3.68. The number of benzene rings is 1. The molecule has 1 atom stereocenters. The Morgan fingerprint density at radius 1 is 1.19 bits per heavy atom. The summed E-state index contributed by atoms with van der Waals surface area (Å²) in [6.45, 7) is 2.13. The first-order valence-corrected chi connectivity index (χ1v) is 8.99. The van der Waals surface area contributed by atoms with E-state index in [1.807, 2.05) is 42.5 Å². The molecule has 1 N–H and O–H groups in total. The van der Waals surface area contributed by atoms with E-state index < -0.39 is 0 Å². The van der Waals surface area contributed by atoms with E-state index in [0.29, 0.717) is 18.8 Å². The lowest BCUT2D eigenvalue weighted by Crippen LogP contribution is -2.39. The minimum Gasteiger partial charge on any atom is -0.322 e. The summed E-state index contributed by atoms with van der Waals surface area (Å²) in [5.74, 6) is 0.0425. The van der Waals surface area contributed by atoms with Crippen LogP contribution in [0.1, 0.15) is 28.9 Å². The number of hydrogen-bond donors (Lipinski definition) is 1. The zero-order valence-corrected chi connectivity index (χ0v) is 14.5. The molecule has 5 nitrogen and oxygen atoms in total. The molecule has 0 aliphatic carbocycles. The van der Waals surface area contributed by atoms with Crippen molar-refractivity contribution in [1.82, 2.24) is 14.9 Å². The van der Waals surface area contributed by atoms with Crippen LogP contribution in [-0.2, 0) is 6.54 Å². The SMILES string of the molecule is O=C(c1ccccn1)C1CCCN(Cc2cc3ccccc3[nH]c2=O)C1. The average Bonchev–Trinajstić information content (AvgIpc) is 2.69. The number of piperidine rings is 1. The van der Waals surface area contributed by atoms with Gasteiger partial charge in [-0.25, -0.2) is 0 Å². The van der Waals surface area contributed by atoms with E-state index in [1.165, 1.54) is 0 Å². The van der Waals surface area contributed by atoms with Crippen LogP contribution < -0.4 is 5.56 Å². The van der Waals surface area contributed by atoms with Gasteiger partial charge in [0, 0.05) is 36.3 Å². The molecule has 1 fully saturated rings. The molecule has 5 heteroatoms. The molecule has 2 aromatic heterocycles. The van der Waals surface area contributed by atoms with Crippen LogP contribution in [0, 0.1) is 5.92 Å². The van der Waals surface area contributed by atoms with Gasteiger partial charge in [-0.15, -0.1) is 0 Å². The Morgan fingerprint density at radius 2 is 2.04 bits per heavy atom. The lowest BCUT2D eigenvalue weighted by atomic mass is 9.91. The molecule has 3 aromatic rings. The molecular weight excluding hydrogens is 326 g/mol. The number of nitrogens with zero attached hydrogens (tertiary/aromatic N) is 2. The fourth-order valence-corrected chi connectivity index (χ4v) is 3.68. The van der Waals surface area contributed by atoms with Gasteiger partial charge in [-0.1, -0.05) is 24.3 Å². The average molecular weight is 347 g/mol. The van der Waals surface area contributed by atoms with Crippen LogP contribution in [0.5, 0.6) is 0 Å². The molecule has 0 spiro atoms. The normalized spacial score (nSPS) is 18.1. The van der Waals surface area contributed by atoms with Crippen LogP contribution in [-0.4, -0.2) is 33.7 Å². The zero-order valence-electron chi connectivity index (χ0n) is 14.5. The molecule has 4 rings (SSSR count). The number of H-pyrrole nitrogens is 1. The lowest BCUT2D eigenvalue weighted by Gasteiger charge is -2.31. The van der Waals surface area contributed by atoms with E-state index in [1.54, 1.807) is 12.3 Å². The smallest absolute Gasteiger partial charge is 0.252 e. The second-order valence-electron chi connectivity index (χ2n) is 6.86. The predicted octanol–water partition coefficient (Wildman–Crippen LogP) is 3.02. The summed E-state index contributed by atoms with van der Waals surface area (Å²) in [7, 11) is 0. The Morgan fingerprint density at radius 3 is 2.88 bits per heavy atom. The second kappa shape index (κ2) is 7.22. The van der Waals surface area contributed by atoms with E-state index in [9.17, 15) is 9.59 Å². The third-order valence-corrected chi connectivity index (χ3v) is 5.02. The van der Waals surface area contributed by atoms with Crippen molar-refractivity contribution in [3.63, 3.8) is 0 Å². The van der Waals surface area contributed by atoms with Crippen molar-refractivity contribution in [2.24, 2.45) is 5.92 Å². The molecule has 1 aliphatic heterocycles. The van der Waals surface area contributed by atoms with Crippen molar-refractivity contribution in [3.8, 4) is 0 Å². The molecular formula is C21H21N3O2. The number of carbonyl (C=O) groups excluding carboxylic acids is 1. The molecule has 26 heavy (non-hydrogen) atoms. The minimum atomic E-state index is -0.0572. The highest BCUT2D eigenvalue weighted by molar-refractivity contribution is 5.96. The van der Waals surface area contributed by atoms with Crippen LogP contribution in [0.4, 0.5) is 0 Å². The number of carbonyl (C=O) groups is 1. The van der Waals surface area contributed by atoms with Gasteiger partial charge in [0.2, 0.25) is 0 Å². The van der Waals surface area contributed by atoms with Gasteiger partial charge >= 0.3 is 0 Å². The minimum absolute atomic E-state index is 0.0538. The maximum absolute atomic E-state index is 12.7. The highest BCUT2D eigenvalue weighted by atomic mass is 16.1. The number of pyridine rings is 2. The summed E-state index contributed by atoms with van der Waals surface area (Å²) in [5, 5.41) is 1.03. The van der Waals surface area contributed by atoms with Crippen LogP contribution >= 0.6 is 0 Å². The number of Topliss-reactive ketones (excluding diaryl/α,β-unsaturated/α-hetero) is 1. The van der Waals surface area contributed by atoms with Crippen LogP contribution in [0.25, 0.3) is 10.9 Å². The van der Waals surface area contributed by atoms with Gasteiger partial charge in [-0.2, -0.15) is 0 Å². The van der Waals surface area contributed by atoms with Gasteiger partial charge in [-0.3, -0.25) is 19.5 Å². The lowest BCUT2D eigenvalue weighted by molar-refractivity contribution is 0.0806. The molecule has 1 aliphatic rings. The van der Waals surface area contributed by atoms with Gasteiger partial charge in [0.25, 0.3) is 5.56 Å². The molecule has 1 aromatic carbocycles. The predicted molar refractivity (Wildman–Crippen MR) is 101 cm³/mol. The number of aromatic amines is 1. The standard InChI is InChI=1S/C21H21N3O2/c25-20(19-9-3-4-10-22-19)16-7-5-11-24(13-16)14-17-12-15-6-1-2-8-18(15)23-21(17)26/h1-4,6,8-10,12,16H,5,7,11,13-14H2,(H,23,26). The summed E-state index contributed by atoms with van der Waals surface area (Å²) < 4.78 is 0. The first-order valence-electron chi connectivity index (χ1n) is 8.99. The summed E-state index contributed by atoms with van der Waals surface area (Å²) in [6.07, 6.45) is 3.48. The van der Waals surface area contributed by atoms with Gasteiger partial charge in [0.1, 0.15) is 5.69 Å². The topological polar surface area (TPSA) is 66.1 Å². The Balaban J connectivity index is 1.51. The van der Waals surface area contributed by atoms with Crippen molar-refractivity contribution < 1.29 is 4.79 Å². The second-order valence-corrected chi connectivity index (χ2v) is 6.86. The Kier molecular flexibility index (Phi) is 4.63. The highest BCUT2D eigenvalue weighted by Crippen LogP contribution is 2.22. The number of para-hydroxylation sites is 1. The van der Waals surface area contributed by atoms with E-state index in [2.05, 4.69) is 14.9 Å². The third-order valence-electron chi connectivity index (χ3n) is 5.02. The molecule has 1 unspecified atom stereocenters. The quantitative estimate of drug-likeness (QED) is 0.737. The molecule has 1 saturated heterocycles. The summed E-state index contributed by atoms with van der Waals surface area (Å²) in [5.41, 5.74) is 2.07. The van der Waals surface area contributed by atoms with Crippen LogP contribution in [0.15, 0.2) is 59.5 Å². The first kappa shape index (κ1) is 16.7. The monoisotopic (exact) mass is 347 g/mol. The molecule has 0 radical (unpaired) electrons. The molecule has 132 valence electrons. The number of rotatable bonds is 4. The number of ketones is 1. The van der Waals surface area contributed by atoms with E-state index in [0.717, 1.165) is 35.9 Å². The summed E-state index contributed by atoms with van der Waals surface area (Å²) >= 11 is 0. The van der Waals surface area contributed by atoms with E-state index in [-0.39, 0.29) is 17.3 Å². The molecule has 0 saturated carbocycles. The van der Waals surface area contributed by atoms with Crippen LogP contribution in [0.3, 0.4) is 0 Å². The maximum Gasteiger partial charge on any atom is 0.252 e. The molecule has 3 heterocycles. The Labute approximate surface area is 151 Å². The first-order chi connectivity index (χ1) is 12.7. The van der Waals surface area contributed by atoms with Gasteiger partial charge in [-0.05, 0) is 49.0 Å². The van der Waals surface area contributed by atoms with Gasteiger partial charge < -0.3 is 4.98 Å². The third kappa shape index (κ3) is 3.44. The van der Waals surface area contributed by atoms with Crippen molar-refractivity contribution in [3.05, 3.63) is 76.3 Å². The van der Waals surface area contributed by atoms with E-state index in [4.69, 9.17) is 0 Å². The van der Waals surface area contributed by atoms with Gasteiger partial charge in [0.05, 0.1) is 0 Å². The highest BCUT2D eigenvalue weighted by Gasteiger charge is 2.27. The zero-order chi connectivity index (χ0) is 17.9. The van der Waals surface area contributed by atoms with Crippen molar-refractivity contribution >= 4 is 16.7 Å². The fraction of sp³-hybridized carbons (Fsp3) is 0.286. The number of nitrogens with one attached hydrogen (secondary N) is 1. The molecule has 0 amide bonds. The number of hydrogen-bond acceptors (Lipinski definition) is 4.